The lowest BCUT2D eigenvalue weighted by Gasteiger charge is -1.84. The summed E-state index contributed by atoms with van der Waals surface area (Å²) in [5, 5.41) is 0. The molecule has 0 aliphatic carbocycles. The van der Waals surface area contributed by atoms with Crippen LogP contribution in [0, 0.1) is 12.3 Å². The van der Waals surface area contributed by atoms with Crippen molar-refractivity contribution in [3.8, 4) is 0 Å². The maximum atomic E-state index is 10.4. The van der Waals surface area contributed by atoms with Crippen molar-refractivity contribution in [1.29, 1.82) is 0 Å². The molecule has 0 aliphatic rings. The SMILES string of the molecule is CC(=O)Cc1cc#co1. The van der Waals surface area contributed by atoms with Crippen molar-refractivity contribution in [2.45, 2.75) is 13.3 Å². The predicted octanol–water partition coefficient (Wildman–Crippen LogP) is 1.01. The summed E-state index contributed by atoms with van der Waals surface area (Å²) in [6.45, 7) is 1.52. The highest BCUT2D eigenvalue weighted by Gasteiger charge is 1.97. The minimum Gasteiger partial charge on any atom is -0.411 e. The lowest BCUT2D eigenvalue weighted by atomic mass is 10.2. The van der Waals surface area contributed by atoms with Crippen LogP contribution in [-0.4, -0.2) is 5.78 Å². The Morgan fingerprint density at radius 3 is 3.11 bits per heavy atom. The highest BCUT2D eigenvalue weighted by molar-refractivity contribution is 5.77. The van der Waals surface area contributed by atoms with Gasteiger partial charge in [0, 0.05) is 6.07 Å². The van der Waals surface area contributed by atoms with E-state index in [0.29, 0.717) is 12.2 Å². The topological polar surface area (TPSA) is 30.2 Å². The maximum Gasteiger partial charge on any atom is 0.137 e. The van der Waals surface area contributed by atoms with Crippen LogP contribution in [0.1, 0.15) is 12.7 Å². The van der Waals surface area contributed by atoms with Gasteiger partial charge in [-0.25, -0.2) is 0 Å². The summed E-state index contributed by atoms with van der Waals surface area (Å²) in [6, 6.07) is 4.20. The fraction of sp³-hybridized carbons (Fsp3) is 0.286. The van der Waals surface area contributed by atoms with E-state index >= 15 is 0 Å². The second kappa shape index (κ2) is 2.36. The fourth-order valence-electron chi connectivity index (χ4n) is 0.567. The number of hydrogen-bond donors (Lipinski definition) is 0. The van der Waals surface area contributed by atoms with Gasteiger partial charge in [0.2, 0.25) is 0 Å². The van der Waals surface area contributed by atoms with Gasteiger partial charge in [0.15, 0.2) is 0 Å². The van der Waals surface area contributed by atoms with E-state index in [1.54, 1.807) is 6.07 Å². The number of rotatable bonds is 2. The molecule has 2 heteroatoms. The van der Waals surface area contributed by atoms with Crippen molar-refractivity contribution in [1.82, 2.24) is 0 Å². The summed E-state index contributed by atoms with van der Waals surface area (Å²) < 4.78 is 4.74. The van der Waals surface area contributed by atoms with E-state index in [0.717, 1.165) is 0 Å². The van der Waals surface area contributed by atoms with Crippen LogP contribution in [0.3, 0.4) is 0 Å². The zero-order valence-electron chi connectivity index (χ0n) is 5.10. The zero-order chi connectivity index (χ0) is 6.69. The molecule has 0 aliphatic heterocycles. The third kappa shape index (κ3) is 1.61. The van der Waals surface area contributed by atoms with Gasteiger partial charge in [-0.1, -0.05) is 0 Å². The summed E-state index contributed by atoms with van der Waals surface area (Å²) in [6.07, 6.45) is 2.73. The predicted molar refractivity (Wildman–Crippen MR) is 30.8 cm³/mol. The molecule has 0 spiro atoms. The van der Waals surface area contributed by atoms with Crippen LogP contribution >= 0.6 is 0 Å². The number of ketones is 1. The standard InChI is InChI=1S/C7H6O2/c1-6(8)5-7-3-2-4-9-7/h3H,5H2,1H3. The van der Waals surface area contributed by atoms with Gasteiger partial charge in [-0.3, -0.25) is 4.79 Å². The highest BCUT2D eigenvalue weighted by atomic mass is 16.3. The minimum atomic E-state index is 0.0896. The lowest BCUT2D eigenvalue weighted by molar-refractivity contribution is -0.116. The molecule has 0 atom stereocenters. The molecule has 9 heavy (non-hydrogen) atoms. The summed E-state index contributed by atoms with van der Waals surface area (Å²) in [5.74, 6) is 0.717. The summed E-state index contributed by atoms with van der Waals surface area (Å²) in [7, 11) is 0. The van der Waals surface area contributed by atoms with Crippen LogP contribution in [0.25, 0.3) is 0 Å². The van der Waals surface area contributed by atoms with Crippen LogP contribution in [0.15, 0.2) is 10.5 Å². The molecule has 46 valence electrons. The van der Waals surface area contributed by atoms with Crippen molar-refractivity contribution in [2.24, 2.45) is 0 Å². The van der Waals surface area contributed by atoms with E-state index in [2.05, 4.69) is 12.3 Å². The molecule has 0 N–H and O–H groups in total. The molecule has 1 aromatic heterocycles. The molecular weight excluding hydrogens is 116 g/mol. The molecule has 0 aromatic carbocycles. The minimum absolute atomic E-state index is 0.0896. The van der Waals surface area contributed by atoms with Crippen LogP contribution < -0.4 is 0 Å². The second-order valence-corrected chi connectivity index (χ2v) is 1.84. The van der Waals surface area contributed by atoms with Gasteiger partial charge in [0.25, 0.3) is 0 Å². The van der Waals surface area contributed by atoms with Gasteiger partial charge < -0.3 is 4.42 Å². The Morgan fingerprint density at radius 2 is 2.67 bits per heavy atom. The van der Waals surface area contributed by atoms with E-state index in [9.17, 15) is 4.79 Å². The molecule has 1 rings (SSSR count). The second-order valence-electron chi connectivity index (χ2n) is 1.84. The first kappa shape index (κ1) is 5.90. The van der Waals surface area contributed by atoms with Crippen LogP contribution in [-0.2, 0) is 11.2 Å². The molecule has 0 radical (unpaired) electrons. The fourth-order valence-corrected chi connectivity index (χ4v) is 0.567. The quantitative estimate of drug-likeness (QED) is 0.586. The number of carbonyl (C=O) groups excluding carboxylic acids is 1. The normalized spacial score (nSPS) is 8.56. The molecule has 0 amide bonds. The number of Topliss-reactive ketones (excluding diaryl/α,β-unsaturated/α-hetero) is 1. The Kier molecular flexibility index (Phi) is 1.55. The molecule has 2 nitrogen and oxygen atoms in total. The maximum absolute atomic E-state index is 10.4. The molecule has 0 fully saturated rings. The lowest BCUT2D eigenvalue weighted by Crippen LogP contribution is -1.93. The Hall–Kier alpha value is -1.23. The average Bonchev–Trinajstić information content (AvgIpc) is 2.15. The van der Waals surface area contributed by atoms with Crippen molar-refractivity contribution < 1.29 is 9.21 Å². The molecule has 0 unspecified atom stereocenters. The van der Waals surface area contributed by atoms with Gasteiger partial charge in [0.1, 0.15) is 17.8 Å². The number of carbonyl (C=O) groups is 1. The first-order valence-electron chi connectivity index (χ1n) is 2.65. The largest absolute Gasteiger partial charge is 0.411 e. The van der Waals surface area contributed by atoms with Crippen LogP contribution in [0.5, 0.6) is 0 Å². The Labute approximate surface area is 53.5 Å². The van der Waals surface area contributed by atoms with Crippen molar-refractivity contribution in [3.63, 3.8) is 0 Å². The summed E-state index contributed by atoms with van der Waals surface area (Å²) in [5.41, 5.74) is 0. The Bertz CT molecular complexity index is 187. The first-order valence-corrected chi connectivity index (χ1v) is 2.65. The number of hydrogen-bond acceptors (Lipinski definition) is 2. The summed E-state index contributed by atoms with van der Waals surface area (Å²) in [4.78, 5) is 10.4. The van der Waals surface area contributed by atoms with E-state index < -0.39 is 0 Å². The molecule has 0 saturated carbocycles. The third-order valence-corrected chi connectivity index (χ3v) is 0.897. The molecule has 1 heterocycles. The van der Waals surface area contributed by atoms with Gasteiger partial charge in [-0.2, -0.15) is 0 Å². The Morgan fingerprint density at radius 1 is 1.89 bits per heavy atom. The molecule has 1 aromatic rings. The third-order valence-electron chi connectivity index (χ3n) is 0.897. The first-order chi connectivity index (χ1) is 4.29. The summed E-state index contributed by atoms with van der Waals surface area (Å²) >= 11 is 0. The zero-order valence-corrected chi connectivity index (χ0v) is 5.10. The van der Waals surface area contributed by atoms with Gasteiger partial charge >= 0.3 is 0 Å². The van der Waals surface area contributed by atoms with Gasteiger partial charge in [-0.05, 0) is 13.0 Å². The van der Waals surface area contributed by atoms with Gasteiger partial charge in [-0.15, -0.1) is 0 Å². The van der Waals surface area contributed by atoms with E-state index in [4.69, 9.17) is 4.42 Å². The van der Waals surface area contributed by atoms with E-state index in [1.165, 1.54) is 6.92 Å². The Balaban J connectivity index is 2.58. The molecule has 0 saturated heterocycles. The van der Waals surface area contributed by atoms with E-state index in [-0.39, 0.29) is 5.78 Å². The van der Waals surface area contributed by atoms with Crippen molar-refractivity contribution >= 4 is 5.78 Å². The average molecular weight is 122 g/mol. The molecule has 0 bridgehead atoms. The van der Waals surface area contributed by atoms with Crippen molar-refractivity contribution in [2.75, 3.05) is 0 Å². The van der Waals surface area contributed by atoms with Crippen LogP contribution in [0.4, 0.5) is 0 Å². The van der Waals surface area contributed by atoms with Crippen LogP contribution in [0.2, 0.25) is 0 Å². The van der Waals surface area contributed by atoms with Gasteiger partial charge in [0.05, 0.1) is 6.42 Å². The highest BCUT2D eigenvalue weighted by Crippen LogP contribution is 1.95. The van der Waals surface area contributed by atoms with E-state index in [1.807, 2.05) is 0 Å². The smallest absolute Gasteiger partial charge is 0.137 e. The monoisotopic (exact) mass is 122 g/mol. The van der Waals surface area contributed by atoms with Crippen molar-refractivity contribution in [3.05, 3.63) is 24.2 Å². The molecular formula is C7H6O2.